The summed E-state index contributed by atoms with van der Waals surface area (Å²) in [6, 6.07) is 0. The number of hydrogen-bond donors (Lipinski definition) is 0. The van der Waals surface area contributed by atoms with Crippen molar-refractivity contribution < 1.29 is 4.74 Å². The zero-order chi connectivity index (χ0) is 12.6. The number of piperazine rings is 1. The predicted octanol–water partition coefficient (Wildman–Crippen LogP) is 0.736. The number of likely N-dealkylation sites (tertiary alicyclic amines) is 1. The van der Waals surface area contributed by atoms with Crippen molar-refractivity contribution in [1.29, 1.82) is 0 Å². The number of rotatable bonds is 7. The fourth-order valence-electron chi connectivity index (χ4n) is 2.98. The molecule has 0 unspecified atom stereocenters. The molecule has 0 spiro atoms. The van der Waals surface area contributed by atoms with Gasteiger partial charge in [0.25, 0.3) is 0 Å². The van der Waals surface area contributed by atoms with Crippen LogP contribution in [0.15, 0.2) is 0 Å². The van der Waals surface area contributed by atoms with Crippen molar-refractivity contribution in [2.75, 3.05) is 72.6 Å². The average molecular weight is 255 g/mol. The second kappa shape index (κ2) is 8.10. The molecule has 2 aliphatic heterocycles. The average Bonchev–Trinajstić information content (AvgIpc) is 2.91. The molecule has 0 aromatic heterocycles. The van der Waals surface area contributed by atoms with E-state index in [4.69, 9.17) is 4.74 Å². The van der Waals surface area contributed by atoms with Gasteiger partial charge in [0.1, 0.15) is 0 Å². The molecule has 18 heavy (non-hydrogen) atoms. The van der Waals surface area contributed by atoms with E-state index >= 15 is 0 Å². The molecule has 4 nitrogen and oxygen atoms in total. The van der Waals surface area contributed by atoms with Crippen LogP contribution in [0.1, 0.15) is 19.3 Å². The van der Waals surface area contributed by atoms with Gasteiger partial charge in [-0.3, -0.25) is 4.90 Å². The largest absolute Gasteiger partial charge is 0.383 e. The molecule has 0 bridgehead atoms. The van der Waals surface area contributed by atoms with Crippen molar-refractivity contribution in [3.63, 3.8) is 0 Å². The van der Waals surface area contributed by atoms with Crippen LogP contribution in [0.25, 0.3) is 0 Å². The Labute approximate surface area is 112 Å². The lowest BCUT2D eigenvalue weighted by Crippen LogP contribution is -2.47. The summed E-state index contributed by atoms with van der Waals surface area (Å²) >= 11 is 0. The van der Waals surface area contributed by atoms with Gasteiger partial charge in [-0.05, 0) is 45.4 Å². The Morgan fingerprint density at radius 2 is 1.22 bits per heavy atom. The topological polar surface area (TPSA) is 19.0 Å². The van der Waals surface area contributed by atoms with Gasteiger partial charge in [-0.2, -0.15) is 0 Å². The molecule has 2 heterocycles. The second-order valence-electron chi connectivity index (χ2n) is 5.58. The van der Waals surface area contributed by atoms with Crippen LogP contribution in [0.2, 0.25) is 0 Å². The van der Waals surface area contributed by atoms with Crippen molar-refractivity contribution in [3.05, 3.63) is 0 Å². The molecule has 0 aromatic rings. The van der Waals surface area contributed by atoms with Crippen LogP contribution in [-0.2, 0) is 4.74 Å². The smallest absolute Gasteiger partial charge is 0.0589 e. The number of ether oxygens (including phenoxy) is 1. The molecule has 0 saturated carbocycles. The van der Waals surface area contributed by atoms with Crippen molar-refractivity contribution in [2.24, 2.45) is 0 Å². The molecule has 0 amide bonds. The van der Waals surface area contributed by atoms with E-state index in [2.05, 4.69) is 14.7 Å². The molecule has 4 heteroatoms. The van der Waals surface area contributed by atoms with Crippen LogP contribution in [-0.4, -0.2) is 87.3 Å². The SMILES string of the molecule is COCCN1CCN(CCCN2CCCC2)CC1. The molecular formula is C14H29N3O. The second-order valence-corrected chi connectivity index (χ2v) is 5.58. The van der Waals surface area contributed by atoms with Crippen LogP contribution < -0.4 is 0 Å². The standard InChI is InChI=1S/C14H29N3O/c1-18-14-13-17-11-9-16(10-12-17)8-4-7-15-5-2-3-6-15/h2-14H2,1H3. The summed E-state index contributed by atoms with van der Waals surface area (Å²) in [6.07, 6.45) is 4.18. The first-order valence-corrected chi connectivity index (χ1v) is 7.54. The molecule has 2 rings (SSSR count). The van der Waals surface area contributed by atoms with E-state index < -0.39 is 0 Å². The number of methoxy groups -OCH3 is 1. The van der Waals surface area contributed by atoms with Gasteiger partial charge in [0.15, 0.2) is 0 Å². The molecule has 0 aliphatic carbocycles. The first kappa shape index (κ1) is 14.3. The van der Waals surface area contributed by atoms with Gasteiger partial charge in [-0.1, -0.05) is 0 Å². The lowest BCUT2D eigenvalue weighted by atomic mass is 10.3. The minimum atomic E-state index is 0.870. The van der Waals surface area contributed by atoms with E-state index in [-0.39, 0.29) is 0 Å². The monoisotopic (exact) mass is 255 g/mol. The Balaban J connectivity index is 1.50. The van der Waals surface area contributed by atoms with Gasteiger partial charge in [0.05, 0.1) is 6.61 Å². The van der Waals surface area contributed by atoms with Crippen LogP contribution in [0.3, 0.4) is 0 Å². The molecule has 106 valence electrons. The minimum Gasteiger partial charge on any atom is -0.383 e. The molecule has 2 saturated heterocycles. The zero-order valence-corrected chi connectivity index (χ0v) is 11.9. The van der Waals surface area contributed by atoms with Gasteiger partial charge in [0, 0.05) is 39.8 Å². The van der Waals surface area contributed by atoms with Crippen LogP contribution in [0, 0.1) is 0 Å². The van der Waals surface area contributed by atoms with Crippen molar-refractivity contribution in [2.45, 2.75) is 19.3 Å². The Kier molecular flexibility index (Phi) is 6.41. The lowest BCUT2D eigenvalue weighted by molar-refractivity contribution is 0.0950. The van der Waals surface area contributed by atoms with E-state index in [9.17, 15) is 0 Å². The van der Waals surface area contributed by atoms with E-state index in [0.29, 0.717) is 0 Å². The summed E-state index contributed by atoms with van der Waals surface area (Å²) in [6.45, 7) is 12.1. The first-order chi connectivity index (χ1) is 8.88. The lowest BCUT2D eigenvalue weighted by Gasteiger charge is -2.34. The summed E-state index contributed by atoms with van der Waals surface area (Å²) in [5.74, 6) is 0. The van der Waals surface area contributed by atoms with Gasteiger partial charge in [-0.15, -0.1) is 0 Å². The van der Waals surface area contributed by atoms with Gasteiger partial charge < -0.3 is 14.5 Å². The van der Waals surface area contributed by atoms with Crippen LogP contribution >= 0.6 is 0 Å². The Bertz CT molecular complexity index is 211. The van der Waals surface area contributed by atoms with Gasteiger partial charge >= 0.3 is 0 Å². The molecule has 0 radical (unpaired) electrons. The summed E-state index contributed by atoms with van der Waals surface area (Å²) in [5.41, 5.74) is 0. The Morgan fingerprint density at radius 1 is 0.722 bits per heavy atom. The summed E-state index contributed by atoms with van der Waals surface area (Å²) in [5, 5.41) is 0. The van der Waals surface area contributed by atoms with Crippen molar-refractivity contribution in [1.82, 2.24) is 14.7 Å². The third-order valence-corrected chi connectivity index (χ3v) is 4.22. The van der Waals surface area contributed by atoms with Crippen molar-refractivity contribution >= 4 is 0 Å². The molecule has 2 aliphatic rings. The third kappa shape index (κ3) is 4.84. The molecule has 0 atom stereocenters. The summed E-state index contributed by atoms with van der Waals surface area (Å²) < 4.78 is 5.13. The highest BCUT2D eigenvalue weighted by Crippen LogP contribution is 2.08. The van der Waals surface area contributed by atoms with E-state index in [1.54, 1.807) is 7.11 Å². The molecule has 2 fully saturated rings. The quantitative estimate of drug-likeness (QED) is 0.668. The highest BCUT2D eigenvalue weighted by atomic mass is 16.5. The van der Waals surface area contributed by atoms with E-state index in [1.807, 2.05) is 0 Å². The summed E-state index contributed by atoms with van der Waals surface area (Å²) in [4.78, 5) is 7.76. The fourth-order valence-corrected chi connectivity index (χ4v) is 2.98. The van der Waals surface area contributed by atoms with Crippen LogP contribution in [0.4, 0.5) is 0 Å². The van der Waals surface area contributed by atoms with Gasteiger partial charge in [0.2, 0.25) is 0 Å². The van der Waals surface area contributed by atoms with Gasteiger partial charge in [-0.25, -0.2) is 0 Å². The van der Waals surface area contributed by atoms with E-state index in [0.717, 1.165) is 13.2 Å². The molecule has 0 N–H and O–H groups in total. The first-order valence-electron chi connectivity index (χ1n) is 7.54. The zero-order valence-electron chi connectivity index (χ0n) is 11.9. The maximum absolute atomic E-state index is 5.13. The normalized spacial score (nSPS) is 23.8. The number of nitrogens with zero attached hydrogens (tertiary/aromatic N) is 3. The fraction of sp³-hybridized carbons (Fsp3) is 1.00. The predicted molar refractivity (Wildman–Crippen MR) is 75.0 cm³/mol. The summed E-state index contributed by atoms with van der Waals surface area (Å²) in [7, 11) is 1.79. The Hall–Kier alpha value is -0.160. The maximum atomic E-state index is 5.13. The van der Waals surface area contributed by atoms with Crippen molar-refractivity contribution in [3.8, 4) is 0 Å². The highest BCUT2D eigenvalue weighted by molar-refractivity contribution is 4.73. The Morgan fingerprint density at radius 3 is 1.78 bits per heavy atom. The third-order valence-electron chi connectivity index (χ3n) is 4.22. The minimum absolute atomic E-state index is 0.870. The van der Waals surface area contributed by atoms with E-state index in [1.165, 1.54) is 71.6 Å². The maximum Gasteiger partial charge on any atom is 0.0589 e. The van der Waals surface area contributed by atoms with Crippen LogP contribution in [0.5, 0.6) is 0 Å². The highest BCUT2D eigenvalue weighted by Gasteiger charge is 2.16. The molecule has 0 aromatic carbocycles. The number of hydrogen-bond acceptors (Lipinski definition) is 4. The molecular weight excluding hydrogens is 226 g/mol.